The van der Waals surface area contributed by atoms with Gasteiger partial charge in [0.2, 0.25) is 5.91 Å². The Bertz CT molecular complexity index is 1070. The number of hydrogen-bond acceptors (Lipinski definition) is 5. The molecule has 2 heterocycles. The van der Waals surface area contributed by atoms with Crippen LogP contribution < -0.4 is 15.0 Å². The van der Waals surface area contributed by atoms with Crippen molar-refractivity contribution in [3.8, 4) is 5.75 Å². The number of para-hydroxylation sites is 2. The topological polar surface area (TPSA) is 71.5 Å². The predicted octanol–water partition coefficient (Wildman–Crippen LogP) is 4.02. The molecular formula is C22H20FN3O3S. The van der Waals surface area contributed by atoms with Crippen molar-refractivity contribution in [2.24, 2.45) is 0 Å². The van der Waals surface area contributed by atoms with Crippen molar-refractivity contribution in [1.82, 2.24) is 4.98 Å². The number of carbonyl (C=O) groups is 2. The molecule has 3 aromatic rings. The molecule has 154 valence electrons. The first-order valence-corrected chi connectivity index (χ1v) is 10.4. The summed E-state index contributed by atoms with van der Waals surface area (Å²) < 4.78 is 18.6. The molecule has 2 aromatic carbocycles. The summed E-state index contributed by atoms with van der Waals surface area (Å²) in [5, 5.41) is 3.29. The van der Waals surface area contributed by atoms with Crippen molar-refractivity contribution in [2.45, 2.75) is 25.9 Å². The summed E-state index contributed by atoms with van der Waals surface area (Å²) in [5.41, 5.74) is 1.64. The Morgan fingerprint density at radius 2 is 2.00 bits per heavy atom. The highest BCUT2D eigenvalue weighted by molar-refractivity contribution is 7.15. The maximum Gasteiger partial charge on any atom is 0.267 e. The molecular weight excluding hydrogens is 405 g/mol. The number of amides is 2. The van der Waals surface area contributed by atoms with Crippen LogP contribution in [0.1, 0.15) is 23.8 Å². The summed E-state index contributed by atoms with van der Waals surface area (Å²) in [6.07, 6.45) is 1.87. The lowest BCUT2D eigenvalue weighted by Gasteiger charge is -2.32. The molecule has 0 saturated heterocycles. The number of fused-ring (bicyclic) bond motifs is 1. The normalized spacial score (nSPS) is 15.5. The van der Waals surface area contributed by atoms with E-state index in [1.807, 2.05) is 18.2 Å². The molecule has 0 saturated carbocycles. The molecule has 2 amide bonds. The zero-order valence-corrected chi connectivity index (χ0v) is 17.1. The minimum Gasteiger partial charge on any atom is -0.479 e. The largest absolute Gasteiger partial charge is 0.479 e. The molecule has 0 aliphatic carbocycles. The molecule has 8 heteroatoms. The van der Waals surface area contributed by atoms with Crippen LogP contribution in [0.2, 0.25) is 0 Å². The van der Waals surface area contributed by atoms with E-state index in [0.29, 0.717) is 23.0 Å². The van der Waals surface area contributed by atoms with Crippen molar-refractivity contribution in [2.75, 3.05) is 16.8 Å². The molecule has 1 aromatic heterocycles. The number of nitrogens with one attached hydrogen (secondary N) is 1. The lowest BCUT2D eigenvalue weighted by Crippen LogP contribution is -2.45. The Kier molecular flexibility index (Phi) is 5.76. The fourth-order valence-electron chi connectivity index (χ4n) is 3.24. The average Bonchev–Trinajstić information content (AvgIpc) is 3.16. The second-order valence-corrected chi connectivity index (χ2v) is 8.07. The van der Waals surface area contributed by atoms with E-state index in [1.54, 1.807) is 36.2 Å². The second-order valence-electron chi connectivity index (χ2n) is 6.95. The first-order chi connectivity index (χ1) is 14.5. The Hall–Kier alpha value is -3.26. The van der Waals surface area contributed by atoms with Gasteiger partial charge in [0, 0.05) is 30.5 Å². The monoisotopic (exact) mass is 425 g/mol. The van der Waals surface area contributed by atoms with E-state index >= 15 is 0 Å². The minimum atomic E-state index is -0.587. The lowest BCUT2D eigenvalue weighted by molar-refractivity contribution is -0.125. The fraction of sp³-hybridized carbons (Fsp3) is 0.227. The Morgan fingerprint density at radius 3 is 2.80 bits per heavy atom. The van der Waals surface area contributed by atoms with Gasteiger partial charge < -0.3 is 15.0 Å². The van der Waals surface area contributed by atoms with E-state index in [-0.39, 0.29) is 30.6 Å². The molecule has 1 unspecified atom stereocenters. The van der Waals surface area contributed by atoms with Gasteiger partial charge in [-0.15, -0.1) is 11.3 Å². The molecule has 1 atom stereocenters. The van der Waals surface area contributed by atoms with Crippen LogP contribution in [0.4, 0.5) is 15.2 Å². The van der Waals surface area contributed by atoms with Gasteiger partial charge in [0.15, 0.2) is 11.2 Å². The van der Waals surface area contributed by atoms with Crippen LogP contribution in [0, 0.1) is 5.82 Å². The van der Waals surface area contributed by atoms with E-state index in [4.69, 9.17) is 4.74 Å². The van der Waals surface area contributed by atoms with Crippen LogP contribution >= 0.6 is 11.3 Å². The van der Waals surface area contributed by atoms with Gasteiger partial charge in [-0.05, 0) is 36.8 Å². The van der Waals surface area contributed by atoms with E-state index in [0.717, 1.165) is 10.4 Å². The standard InChI is InChI=1S/C22H20FN3O3S/c1-14-21(28)26(18-4-2-3-5-19(18)29-14)11-10-20(27)25-22-24-13-17(30-22)12-15-6-8-16(23)9-7-15/h2-9,13-14H,10-12H2,1H3,(H,24,25,27). The molecule has 1 aliphatic heterocycles. The molecule has 6 nitrogen and oxygen atoms in total. The van der Waals surface area contributed by atoms with Crippen LogP contribution in [0.25, 0.3) is 0 Å². The molecule has 0 radical (unpaired) electrons. The van der Waals surface area contributed by atoms with E-state index in [1.165, 1.54) is 23.5 Å². The molecule has 0 spiro atoms. The molecule has 1 aliphatic rings. The summed E-state index contributed by atoms with van der Waals surface area (Å²) in [5.74, 6) is -0.0263. The highest BCUT2D eigenvalue weighted by atomic mass is 32.1. The second kappa shape index (κ2) is 8.62. The maximum absolute atomic E-state index is 13.0. The van der Waals surface area contributed by atoms with E-state index < -0.39 is 6.10 Å². The van der Waals surface area contributed by atoms with Crippen LogP contribution in [-0.4, -0.2) is 29.4 Å². The molecule has 1 N–H and O–H groups in total. The number of thiazole rings is 1. The number of rotatable bonds is 6. The van der Waals surface area contributed by atoms with Crippen molar-refractivity contribution in [3.05, 3.63) is 71.0 Å². The average molecular weight is 425 g/mol. The summed E-state index contributed by atoms with van der Waals surface area (Å²) in [6.45, 7) is 1.95. The maximum atomic E-state index is 13.0. The highest BCUT2D eigenvalue weighted by Crippen LogP contribution is 2.33. The number of nitrogens with zero attached hydrogens (tertiary/aromatic N) is 2. The summed E-state index contributed by atoms with van der Waals surface area (Å²) >= 11 is 1.37. The number of benzene rings is 2. The minimum absolute atomic E-state index is 0.139. The summed E-state index contributed by atoms with van der Waals surface area (Å²) in [7, 11) is 0. The Balaban J connectivity index is 1.35. The van der Waals surface area contributed by atoms with Crippen LogP contribution in [0.3, 0.4) is 0 Å². The molecule has 30 heavy (non-hydrogen) atoms. The number of ether oxygens (including phenoxy) is 1. The fourth-order valence-corrected chi connectivity index (χ4v) is 4.10. The van der Waals surface area contributed by atoms with Crippen LogP contribution in [-0.2, 0) is 16.0 Å². The van der Waals surface area contributed by atoms with Crippen LogP contribution in [0.15, 0.2) is 54.7 Å². The third-order valence-electron chi connectivity index (χ3n) is 4.73. The van der Waals surface area contributed by atoms with Gasteiger partial charge in [-0.25, -0.2) is 9.37 Å². The quantitative estimate of drug-likeness (QED) is 0.648. The van der Waals surface area contributed by atoms with Crippen molar-refractivity contribution in [1.29, 1.82) is 0 Å². The Morgan fingerprint density at radius 1 is 1.23 bits per heavy atom. The third-order valence-corrected chi connectivity index (χ3v) is 5.64. The number of hydrogen-bond donors (Lipinski definition) is 1. The van der Waals surface area contributed by atoms with Gasteiger partial charge in [0.05, 0.1) is 5.69 Å². The van der Waals surface area contributed by atoms with Gasteiger partial charge in [0.25, 0.3) is 5.91 Å². The number of aromatic nitrogens is 1. The van der Waals surface area contributed by atoms with Gasteiger partial charge >= 0.3 is 0 Å². The van der Waals surface area contributed by atoms with Gasteiger partial charge in [-0.2, -0.15) is 0 Å². The first kappa shape index (κ1) is 20.0. The van der Waals surface area contributed by atoms with Gasteiger partial charge in [-0.1, -0.05) is 24.3 Å². The zero-order chi connectivity index (χ0) is 21.1. The number of carbonyl (C=O) groups excluding carboxylic acids is 2. The molecule has 0 fully saturated rings. The number of halogens is 1. The highest BCUT2D eigenvalue weighted by Gasteiger charge is 2.31. The number of anilines is 2. The van der Waals surface area contributed by atoms with Crippen LogP contribution in [0.5, 0.6) is 5.75 Å². The SMILES string of the molecule is CC1Oc2ccccc2N(CCC(=O)Nc2ncc(Cc3ccc(F)cc3)s2)C1=O. The smallest absolute Gasteiger partial charge is 0.267 e. The van der Waals surface area contributed by atoms with Crippen molar-refractivity contribution >= 4 is 34.0 Å². The van der Waals surface area contributed by atoms with Crippen molar-refractivity contribution < 1.29 is 18.7 Å². The zero-order valence-electron chi connectivity index (χ0n) is 16.3. The Labute approximate surface area is 177 Å². The molecule has 0 bridgehead atoms. The summed E-state index contributed by atoms with van der Waals surface area (Å²) in [6, 6.07) is 13.6. The third kappa shape index (κ3) is 4.49. The molecule has 4 rings (SSSR count). The van der Waals surface area contributed by atoms with E-state index in [9.17, 15) is 14.0 Å². The first-order valence-electron chi connectivity index (χ1n) is 9.55. The van der Waals surface area contributed by atoms with Gasteiger partial charge in [0.1, 0.15) is 11.6 Å². The summed E-state index contributed by atoms with van der Waals surface area (Å²) in [4.78, 5) is 31.7. The lowest BCUT2D eigenvalue weighted by atomic mass is 10.1. The predicted molar refractivity (Wildman–Crippen MR) is 113 cm³/mol. The van der Waals surface area contributed by atoms with Gasteiger partial charge in [-0.3, -0.25) is 9.59 Å². The van der Waals surface area contributed by atoms with Crippen molar-refractivity contribution in [3.63, 3.8) is 0 Å². The van der Waals surface area contributed by atoms with E-state index in [2.05, 4.69) is 10.3 Å².